The summed E-state index contributed by atoms with van der Waals surface area (Å²) in [6, 6.07) is 15.1. The standard InChI is InChI=1S/C19H21N3O3S/c1-13(2)12-16(19(23)20-14-8-4-3-5-9-14)21-18-15-10-6-7-11-17(15)26(24,25)22-18/h3-11,13,16H,12H2,1-2H3,(H,20,23)(H,21,22). The molecule has 1 atom stereocenters. The molecule has 1 unspecified atom stereocenters. The lowest BCUT2D eigenvalue weighted by Crippen LogP contribution is -2.31. The maximum atomic E-state index is 12.7. The molecule has 1 heterocycles. The van der Waals surface area contributed by atoms with Crippen molar-refractivity contribution in [2.75, 3.05) is 5.32 Å². The summed E-state index contributed by atoms with van der Waals surface area (Å²) in [6.45, 7) is 3.99. The van der Waals surface area contributed by atoms with Crippen molar-refractivity contribution in [3.63, 3.8) is 0 Å². The molecule has 0 aliphatic carbocycles. The van der Waals surface area contributed by atoms with E-state index in [0.29, 0.717) is 17.7 Å². The lowest BCUT2D eigenvalue weighted by Gasteiger charge is -2.16. The van der Waals surface area contributed by atoms with Gasteiger partial charge in [0.05, 0.1) is 4.90 Å². The Balaban J connectivity index is 1.92. The summed E-state index contributed by atoms with van der Waals surface area (Å²) in [5, 5.41) is 2.84. The summed E-state index contributed by atoms with van der Waals surface area (Å²) in [5.74, 6) is 0.176. The van der Waals surface area contributed by atoms with Crippen molar-refractivity contribution in [1.82, 2.24) is 4.72 Å². The van der Waals surface area contributed by atoms with Crippen LogP contribution in [0.25, 0.3) is 0 Å². The summed E-state index contributed by atoms with van der Waals surface area (Å²) < 4.78 is 26.9. The number of para-hydroxylation sites is 1. The Hall–Kier alpha value is -2.67. The molecule has 7 heteroatoms. The van der Waals surface area contributed by atoms with Crippen LogP contribution in [0.3, 0.4) is 0 Å². The molecule has 6 nitrogen and oxygen atoms in total. The highest BCUT2D eigenvalue weighted by atomic mass is 32.2. The van der Waals surface area contributed by atoms with Gasteiger partial charge in [0.1, 0.15) is 11.9 Å². The van der Waals surface area contributed by atoms with Gasteiger partial charge in [-0.3, -0.25) is 14.5 Å². The van der Waals surface area contributed by atoms with Gasteiger partial charge in [-0.1, -0.05) is 44.2 Å². The molecule has 0 radical (unpaired) electrons. The Kier molecular flexibility index (Phi) is 5.08. The fourth-order valence-corrected chi connectivity index (χ4v) is 4.04. The second-order valence-corrected chi connectivity index (χ2v) is 8.23. The summed E-state index contributed by atoms with van der Waals surface area (Å²) in [5.41, 5.74) is 1.17. The first-order chi connectivity index (χ1) is 12.4. The van der Waals surface area contributed by atoms with Gasteiger partial charge in [-0.25, -0.2) is 8.42 Å². The Morgan fingerprint density at radius 2 is 1.73 bits per heavy atom. The minimum atomic E-state index is -3.63. The van der Waals surface area contributed by atoms with Crippen LogP contribution < -0.4 is 10.0 Å². The number of rotatable bonds is 5. The van der Waals surface area contributed by atoms with E-state index in [1.807, 2.05) is 32.0 Å². The highest BCUT2D eigenvalue weighted by molar-refractivity contribution is 7.90. The summed E-state index contributed by atoms with van der Waals surface area (Å²) in [7, 11) is -3.63. The molecule has 3 rings (SSSR count). The number of hydrogen-bond donors (Lipinski definition) is 2. The minimum Gasteiger partial charge on any atom is -0.324 e. The van der Waals surface area contributed by atoms with Gasteiger partial charge in [0, 0.05) is 11.3 Å². The van der Waals surface area contributed by atoms with Crippen LogP contribution in [0.2, 0.25) is 0 Å². The van der Waals surface area contributed by atoms with Crippen molar-refractivity contribution >= 4 is 27.5 Å². The molecule has 2 N–H and O–H groups in total. The zero-order valence-corrected chi connectivity index (χ0v) is 15.5. The van der Waals surface area contributed by atoms with E-state index in [1.54, 1.807) is 30.3 Å². The fraction of sp³-hybridized carbons (Fsp3) is 0.263. The highest BCUT2D eigenvalue weighted by Gasteiger charge is 2.32. The van der Waals surface area contributed by atoms with Crippen molar-refractivity contribution in [3.8, 4) is 0 Å². The molecule has 1 amide bonds. The fourth-order valence-electron chi connectivity index (χ4n) is 2.80. The van der Waals surface area contributed by atoms with Crippen LogP contribution in [0.15, 0.2) is 64.5 Å². The smallest absolute Gasteiger partial charge is 0.263 e. The molecule has 26 heavy (non-hydrogen) atoms. The zero-order chi connectivity index (χ0) is 18.7. The number of hydrogen-bond acceptors (Lipinski definition) is 4. The zero-order valence-electron chi connectivity index (χ0n) is 14.6. The number of fused-ring (bicyclic) bond motifs is 1. The first-order valence-corrected chi connectivity index (χ1v) is 9.91. The molecule has 0 saturated carbocycles. The van der Waals surface area contributed by atoms with Crippen LogP contribution >= 0.6 is 0 Å². The number of sulfonamides is 1. The minimum absolute atomic E-state index is 0.186. The van der Waals surface area contributed by atoms with Crippen LogP contribution in [0, 0.1) is 5.92 Å². The summed E-state index contributed by atoms with van der Waals surface area (Å²) >= 11 is 0. The third kappa shape index (κ3) is 3.94. The van der Waals surface area contributed by atoms with Crippen LogP contribution in [0.4, 0.5) is 5.69 Å². The molecule has 0 aromatic heterocycles. The van der Waals surface area contributed by atoms with Crippen molar-refractivity contribution in [2.45, 2.75) is 31.2 Å². The molecule has 0 bridgehead atoms. The third-order valence-corrected chi connectivity index (χ3v) is 5.38. The first kappa shape index (κ1) is 18.1. The monoisotopic (exact) mass is 371 g/mol. The van der Waals surface area contributed by atoms with Gasteiger partial charge in [-0.15, -0.1) is 0 Å². The summed E-state index contributed by atoms with van der Waals surface area (Å²) in [4.78, 5) is 17.4. The molecule has 1 aliphatic rings. The van der Waals surface area contributed by atoms with Gasteiger partial charge in [0.2, 0.25) is 5.91 Å². The van der Waals surface area contributed by atoms with Gasteiger partial charge in [-0.2, -0.15) is 0 Å². The molecule has 0 saturated heterocycles. The number of aliphatic imine (C=N–C) groups is 1. The van der Waals surface area contributed by atoms with E-state index >= 15 is 0 Å². The number of benzene rings is 2. The van der Waals surface area contributed by atoms with E-state index in [4.69, 9.17) is 0 Å². The van der Waals surface area contributed by atoms with Gasteiger partial charge < -0.3 is 5.32 Å². The van der Waals surface area contributed by atoms with Gasteiger partial charge in [0.25, 0.3) is 10.0 Å². The molecular formula is C19H21N3O3S. The maximum Gasteiger partial charge on any atom is 0.263 e. The Morgan fingerprint density at radius 3 is 2.42 bits per heavy atom. The van der Waals surface area contributed by atoms with E-state index < -0.39 is 16.1 Å². The number of carbonyl (C=O) groups excluding carboxylic acids is 1. The van der Waals surface area contributed by atoms with E-state index in [9.17, 15) is 13.2 Å². The molecule has 0 fully saturated rings. The number of nitrogens with zero attached hydrogens (tertiary/aromatic N) is 1. The second-order valence-electron chi connectivity index (χ2n) is 6.58. The van der Waals surface area contributed by atoms with Crippen molar-refractivity contribution in [1.29, 1.82) is 0 Å². The number of carbonyl (C=O) groups is 1. The number of amidine groups is 1. The quantitative estimate of drug-likeness (QED) is 0.847. The second kappa shape index (κ2) is 7.29. The van der Waals surface area contributed by atoms with Gasteiger partial charge in [-0.05, 0) is 36.6 Å². The van der Waals surface area contributed by atoms with E-state index in [0.717, 1.165) is 0 Å². The van der Waals surface area contributed by atoms with E-state index in [1.165, 1.54) is 6.07 Å². The molecule has 136 valence electrons. The average Bonchev–Trinajstić information content (AvgIpc) is 2.86. The predicted octanol–water partition coefficient (Wildman–Crippen LogP) is 2.78. The van der Waals surface area contributed by atoms with Crippen molar-refractivity contribution in [2.24, 2.45) is 10.9 Å². The molecule has 2 aromatic rings. The SMILES string of the molecule is CC(C)CC(N=C1NS(=O)(=O)c2ccccc21)C(=O)Nc1ccccc1. The molecule has 2 aromatic carbocycles. The highest BCUT2D eigenvalue weighted by Crippen LogP contribution is 2.23. The van der Waals surface area contributed by atoms with E-state index in [-0.39, 0.29) is 22.6 Å². The number of amides is 1. The third-order valence-electron chi connectivity index (χ3n) is 3.99. The van der Waals surface area contributed by atoms with Crippen LogP contribution in [-0.2, 0) is 14.8 Å². The maximum absolute atomic E-state index is 12.7. The first-order valence-electron chi connectivity index (χ1n) is 8.43. The molecule has 0 spiro atoms. The van der Waals surface area contributed by atoms with E-state index in [2.05, 4.69) is 15.0 Å². The summed E-state index contributed by atoms with van der Waals surface area (Å²) in [6.07, 6.45) is 0.506. The van der Waals surface area contributed by atoms with Gasteiger partial charge >= 0.3 is 0 Å². The Morgan fingerprint density at radius 1 is 1.08 bits per heavy atom. The molecular weight excluding hydrogens is 350 g/mol. The van der Waals surface area contributed by atoms with Crippen LogP contribution in [-0.4, -0.2) is 26.2 Å². The number of nitrogens with one attached hydrogen (secondary N) is 2. The van der Waals surface area contributed by atoms with Crippen LogP contribution in [0.5, 0.6) is 0 Å². The predicted molar refractivity (Wildman–Crippen MR) is 102 cm³/mol. The normalized spacial score (nSPS) is 17.6. The number of anilines is 1. The topological polar surface area (TPSA) is 87.6 Å². The molecule has 1 aliphatic heterocycles. The lowest BCUT2D eigenvalue weighted by molar-refractivity contribution is -0.117. The largest absolute Gasteiger partial charge is 0.324 e. The van der Waals surface area contributed by atoms with Crippen molar-refractivity contribution < 1.29 is 13.2 Å². The van der Waals surface area contributed by atoms with Crippen molar-refractivity contribution in [3.05, 3.63) is 60.2 Å². The average molecular weight is 371 g/mol. The Labute approximate surface area is 153 Å². The lowest BCUT2D eigenvalue weighted by atomic mass is 10.0. The van der Waals surface area contributed by atoms with Gasteiger partial charge in [0.15, 0.2) is 0 Å². The Bertz CT molecular complexity index is 938. The van der Waals surface area contributed by atoms with Crippen LogP contribution in [0.1, 0.15) is 25.8 Å².